The molecule has 8 heteroatoms. The molecule has 0 bridgehead atoms. The summed E-state index contributed by atoms with van der Waals surface area (Å²) in [5.74, 6) is 1.22. The van der Waals surface area contributed by atoms with Crippen molar-refractivity contribution in [1.29, 1.82) is 0 Å². The Hall–Kier alpha value is -3.39. The summed E-state index contributed by atoms with van der Waals surface area (Å²) in [4.78, 5) is 17.9. The van der Waals surface area contributed by atoms with Gasteiger partial charge in [0, 0.05) is 22.7 Å². The normalized spacial score (nSPS) is 11.1. The summed E-state index contributed by atoms with van der Waals surface area (Å²) in [7, 11) is 0. The molecule has 0 aliphatic carbocycles. The Bertz CT molecular complexity index is 1220. The van der Waals surface area contributed by atoms with E-state index < -0.39 is 0 Å². The number of nitrogens with zero attached hydrogens (tertiary/aromatic N) is 4. The second-order valence-corrected chi connectivity index (χ2v) is 7.67. The maximum atomic E-state index is 12.4. The van der Waals surface area contributed by atoms with Gasteiger partial charge in [0.1, 0.15) is 5.75 Å². The lowest BCUT2D eigenvalue weighted by Gasteiger charge is -2.09. The predicted molar refractivity (Wildman–Crippen MR) is 116 cm³/mol. The number of aromatic nitrogens is 4. The summed E-state index contributed by atoms with van der Waals surface area (Å²) in [5, 5.41) is 8.43. The van der Waals surface area contributed by atoms with E-state index in [0.29, 0.717) is 5.82 Å². The molecular weight excluding hydrogens is 400 g/mol. The smallest absolute Gasteiger partial charge is 0.282 e. The summed E-state index contributed by atoms with van der Waals surface area (Å²) in [5.41, 5.74) is 1.40. The highest BCUT2D eigenvalue weighted by atomic mass is 32.2. The third-order valence-electron chi connectivity index (χ3n) is 4.24. The Morgan fingerprint density at radius 2 is 1.90 bits per heavy atom. The zero-order valence-corrected chi connectivity index (χ0v) is 17.6. The largest absolute Gasteiger partial charge is 0.491 e. The zero-order valence-electron chi connectivity index (χ0n) is 16.8. The fraction of sp³-hybridized carbons (Fsp3) is 0.182. The van der Waals surface area contributed by atoms with Gasteiger partial charge in [-0.2, -0.15) is 10.1 Å². The van der Waals surface area contributed by atoms with Gasteiger partial charge in [-0.3, -0.25) is 4.79 Å². The second-order valence-electron chi connectivity index (χ2n) is 6.79. The van der Waals surface area contributed by atoms with Gasteiger partial charge in [-0.15, -0.1) is 11.8 Å². The Morgan fingerprint density at radius 1 is 1.10 bits per heavy atom. The van der Waals surface area contributed by atoms with E-state index in [1.807, 2.05) is 68.6 Å². The van der Waals surface area contributed by atoms with Crippen molar-refractivity contribution in [2.75, 3.05) is 6.26 Å². The summed E-state index contributed by atoms with van der Waals surface area (Å²) in [6.07, 6.45) is 3.72. The first-order valence-corrected chi connectivity index (χ1v) is 10.6. The Balaban J connectivity index is 1.65. The van der Waals surface area contributed by atoms with Crippen LogP contribution in [0.25, 0.3) is 28.7 Å². The molecule has 0 saturated heterocycles. The molecule has 2 aromatic heterocycles. The first-order chi connectivity index (χ1) is 14.5. The number of thioether (sulfide) groups is 1. The van der Waals surface area contributed by atoms with Crippen LogP contribution < -0.4 is 10.2 Å². The van der Waals surface area contributed by atoms with Crippen LogP contribution in [0.2, 0.25) is 0 Å². The number of benzene rings is 2. The third kappa shape index (κ3) is 4.28. The van der Waals surface area contributed by atoms with Crippen molar-refractivity contribution in [3.63, 3.8) is 0 Å². The minimum Gasteiger partial charge on any atom is -0.491 e. The van der Waals surface area contributed by atoms with Crippen molar-refractivity contribution in [1.82, 2.24) is 19.9 Å². The molecule has 0 spiro atoms. The molecule has 0 saturated carbocycles. The highest BCUT2D eigenvalue weighted by molar-refractivity contribution is 7.98. The van der Waals surface area contributed by atoms with Gasteiger partial charge in [0.2, 0.25) is 11.3 Å². The lowest BCUT2D eigenvalue weighted by atomic mass is 10.2. The lowest BCUT2D eigenvalue weighted by molar-refractivity contribution is 0.242. The van der Waals surface area contributed by atoms with E-state index in [0.717, 1.165) is 21.9 Å². The van der Waals surface area contributed by atoms with Gasteiger partial charge < -0.3 is 9.26 Å². The van der Waals surface area contributed by atoms with Crippen LogP contribution in [0.5, 0.6) is 5.75 Å². The molecule has 4 aromatic rings. The van der Waals surface area contributed by atoms with Crippen LogP contribution in [0.1, 0.15) is 13.8 Å². The minimum absolute atomic E-state index is 0.0767. The molecule has 0 fully saturated rings. The summed E-state index contributed by atoms with van der Waals surface area (Å²) >= 11 is 1.63. The summed E-state index contributed by atoms with van der Waals surface area (Å²) < 4.78 is 12.6. The lowest BCUT2D eigenvalue weighted by Crippen LogP contribution is -2.12. The fourth-order valence-corrected chi connectivity index (χ4v) is 3.30. The van der Waals surface area contributed by atoms with Gasteiger partial charge >= 0.3 is 0 Å². The maximum absolute atomic E-state index is 12.4. The van der Waals surface area contributed by atoms with Crippen molar-refractivity contribution in [2.45, 2.75) is 24.8 Å². The molecule has 0 unspecified atom stereocenters. The van der Waals surface area contributed by atoms with Crippen LogP contribution in [0.3, 0.4) is 0 Å². The standard InChI is InChI=1S/C22H20N4O3S/c1-14(2)28-17-9-7-15(8-10-17)21-23-22(29-25-21)20-19(27)11-12-26(24-20)16-5-4-6-18(13-16)30-3/h4-14H,1-3H3. The first-order valence-electron chi connectivity index (χ1n) is 9.39. The number of hydrogen-bond donors (Lipinski definition) is 0. The molecule has 0 amide bonds. The van der Waals surface area contributed by atoms with E-state index in [9.17, 15) is 4.79 Å². The molecule has 152 valence electrons. The number of ether oxygens (including phenoxy) is 1. The quantitative estimate of drug-likeness (QED) is 0.426. The third-order valence-corrected chi connectivity index (χ3v) is 4.96. The van der Waals surface area contributed by atoms with Gasteiger partial charge in [-0.25, -0.2) is 4.68 Å². The van der Waals surface area contributed by atoms with E-state index in [1.165, 1.54) is 6.07 Å². The number of rotatable bonds is 6. The zero-order chi connectivity index (χ0) is 21.1. The molecule has 30 heavy (non-hydrogen) atoms. The molecule has 2 heterocycles. The monoisotopic (exact) mass is 420 g/mol. The van der Waals surface area contributed by atoms with E-state index in [-0.39, 0.29) is 23.1 Å². The molecule has 7 nitrogen and oxygen atoms in total. The average Bonchev–Trinajstić information content (AvgIpc) is 3.24. The van der Waals surface area contributed by atoms with Gasteiger partial charge in [0.15, 0.2) is 5.69 Å². The van der Waals surface area contributed by atoms with Crippen LogP contribution in [0, 0.1) is 0 Å². The second kappa shape index (κ2) is 8.54. The number of hydrogen-bond acceptors (Lipinski definition) is 7. The van der Waals surface area contributed by atoms with Crippen molar-refractivity contribution in [3.8, 4) is 34.4 Å². The molecule has 4 rings (SSSR count). The van der Waals surface area contributed by atoms with Crippen LogP contribution in [0.4, 0.5) is 0 Å². The van der Waals surface area contributed by atoms with Crippen LogP contribution in [-0.4, -0.2) is 32.3 Å². The molecule has 0 radical (unpaired) electrons. The van der Waals surface area contributed by atoms with Gasteiger partial charge in [0.25, 0.3) is 5.89 Å². The minimum atomic E-state index is -0.289. The topological polar surface area (TPSA) is 83.0 Å². The molecule has 0 aliphatic heterocycles. The van der Waals surface area contributed by atoms with Crippen LogP contribution >= 0.6 is 11.8 Å². The van der Waals surface area contributed by atoms with Crippen LogP contribution in [-0.2, 0) is 0 Å². The highest BCUT2D eigenvalue weighted by Crippen LogP contribution is 2.23. The van der Waals surface area contributed by atoms with Gasteiger partial charge in [0.05, 0.1) is 11.8 Å². The van der Waals surface area contributed by atoms with E-state index >= 15 is 0 Å². The van der Waals surface area contributed by atoms with E-state index in [1.54, 1.807) is 22.6 Å². The van der Waals surface area contributed by atoms with Crippen molar-refractivity contribution < 1.29 is 9.26 Å². The average molecular weight is 420 g/mol. The fourth-order valence-electron chi connectivity index (χ4n) is 2.84. The first kappa shape index (κ1) is 19.9. The van der Waals surface area contributed by atoms with Crippen molar-refractivity contribution in [3.05, 3.63) is 71.0 Å². The molecule has 0 atom stereocenters. The van der Waals surface area contributed by atoms with E-state index in [2.05, 4.69) is 15.2 Å². The summed E-state index contributed by atoms with van der Waals surface area (Å²) in [6.45, 7) is 3.94. The summed E-state index contributed by atoms with van der Waals surface area (Å²) in [6, 6.07) is 16.7. The van der Waals surface area contributed by atoms with Gasteiger partial charge in [-0.1, -0.05) is 11.2 Å². The maximum Gasteiger partial charge on any atom is 0.282 e. The highest BCUT2D eigenvalue weighted by Gasteiger charge is 2.16. The van der Waals surface area contributed by atoms with Gasteiger partial charge in [-0.05, 0) is 62.6 Å². The van der Waals surface area contributed by atoms with E-state index in [4.69, 9.17) is 9.26 Å². The molecular formula is C22H20N4O3S. The van der Waals surface area contributed by atoms with Crippen molar-refractivity contribution >= 4 is 11.8 Å². The Kier molecular flexibility index (Phi) is 5.67. The SMILES string of the molecule is CSc1cccc(-n2ccc(=O)c(-c3nc(-c4ccc(OC(C)C)cc4)no3)n2)c1. The molecule has 0 aliphatic rings. The molecule has 0 N–H and O–H groups in total. The Morgan fingerprint density at radius 3 is 2.63 bits per heavy atom. The molecule has 2 aromatic carbocycles. The Labute approximate surface area is 177 Å². The van der Waals surface area contributed by atoms with Crippen LogP contribution in [0.15, 0.2) is 75.0 Å². The van der Waals surface area contributed by atoms with Crippen molar-refractivity contribution in [2.24, 2.45) is 0 Å². The predicted octanol–water partition coefficient (Wildman–Crippen LogP) is 4.46.